The van der Waals surface area contributed by atoms with Gasteiger partial charge >= 0.3 is 0 Å². The van der Waals surface area contributed by atoms with Crippen LogP contribution in [0, 0.1) is 6.92 Å². The highest BCUT2D eigenvalue weighted by molar-refractivity contribution is 7.07. The molecule has 3 aromatic heterocycles. The lowest BCUT2D eigenvalue weighted by Crippen LogP contribution is -2.13. The quantitative estimate of drug-likeness (QED) is 0.761. The second-order valence-corrected chi connectivity index (χ2v) is 4.49. The largest absolute Gasteiger partial charge is 0.288 e. The third kappa shape index (κ3) is 1.95. The topological polar surface area (TPSA) is 72.2 Å². The minimum Gasteiger partial charge on any atom is -0.288 e. The van der Waals surface area contributed by atoms with Crippen LogP contribution in [0.2, 0.25) is 0 Å². The molecule has 3 rings (SSSR count). The van der Waals surface area contributed by atoms with E-state index < -0.39 is 0 Å². The van der Waals surface area contributed by atoms with Crippen molar-refractivity contribution in [1.82, 2.24) is 19.6 Å². The van der Waals surface area contributed by atoms with E-state index in [0.717, 1.165) is 5.56 Å². The van der Waals surface area contributed by atoms with E-state index >= 15 is 0 Å². The highest BCUT2D eigenvalue weighted by atomic mass is 32.1. The molecule has 1 N–H and O–H groups in total. The van der Waals surface area contributed by atoms with Crippen molar-refractivity contribution in [2.45, 2.75) is 6.92 Å². The molecule has 0 aliphatic carbocycles. The van der Waals surface area contributed by atoms with Crippen molar-refractivity contribution in [3.05, 3.63) is 40.5 Å². The summed E-state index contributed by atoms with van der Waals surface area (Å²) in [6, 6.07) is 3.82. The molecule has 3 aromatic rings. The van der Waals surface area contributed by atoms with Gasteiger partial charge in [0.2, 0.25) is 5.95 Å². The Morgan fingerprint density at radius 1 is 1.50 bits per heavy atom. The monoisotopic (exact) mass is 259 g/mol. The maximum absolute atomic E-state index is 11.8. The van der Waals surface area contributed by atoms with Gasteiger partial charge in [0.05, 0.1) is 5.51 Å². The molecule has 6 nitrogen and oxygen atoms in total. The molecule has 1 amide bonds. The molecule has 18 heavy (non-hydrogen) atoms. The average molecular weight is 259 g/mol. The molecular formula is C11H9N5OS. The summed E-state index contributed by atoms with van der Waals surface area (Å²) in [5.41, 5.74) is 3.76. The minimum atomic E-state index is -0.302. The summed E-state index contributed by atoms with van der Waals surface area (Å²) in [7, 11) is 0. The zero-order chi connectivity index (χ0) is 12.5. The number of pyridine rings is 1. The Bertz CT molecular complexity index is 703. The summed E-state index contributed by atoms with van der Waals surface area (Å²) in [6.45, 7) is 1.97. The molecule has 90 valence electrons. The number of amides is 1. The second kappa shape index (κ2) is 4.19. The third-order valence-electron chi connectivity index (χ3n) is 2.38. The van der Waals surface area contributed by atoms with Crippen LogP contribution in [0.5, 0.6) is 0 Å². The van der Waals surface area contributed by atoms with Crippen molar-refractivity contribution >= 4 is 28.8 Å². The van der Waals surface area contributed by atoms with Gasteiger partial charge in [-0.15, -0.1) is 16.4 Å². The number of fused-ring (bicyclic) bond motifs is 1. The molecule has 0 unspecified atom stereocenters. The number of rotatable bonds is 2. The van der Waals surface area contributed by atoms with Gasteiger partial charge in [-0.05, 0) is 24.6 Å². The molecule has 0 aromatic carbocycles. The fourth-order valence-electron chi connectivity index (χ4n) is 1.53. The highest BCUT2D eigenvalue weighted by Crippen LogP contribution is 2.09. The molecule has 0 saturated heterocycles. The van der Waals surface area contributed by atoms with Crippen LogP contribution in [0.3, 0.4) is 0 Å². The third-order valence-corrected chi connectivity index (χ3v) is 2.97. The summed E-state index contributed by atoms with van der Waals surface area (Å²) < 4.78 is 1.61. The van der Waals surface area contributed by atoms with Crippen molar-refractivity contribution in [3.8, 4) is 0 Å². The Kier molecular flexibility index (Phi) is 2.52. The van der Waals surface area contributed by atoms with E-state index in [1.54, 1.807) is 21.6 Å². The summed E-state index contributed by atoms with van der Waals surface area (Å²) >= 11 is 1.37. The average Bonchev–Trinajstić information content (AvgIpc) is 2.95. The first kappa shape index (κ1) is 10.8. The molecular weight excluding hydrogens is 250 g/mol. The van der Waals surface area contributed by atoms with Crippen LogP contribution < -0.4 is 5.32 Å². The maximum atomic E-state index is 11.8. The first-order chi connectivity index (χ1) is 8.72. The Morgan fingerprint density at radius 2 is 2.39 bits per heavy atom. The van der Waals surface area contributed by atoms with Crippen LogP contribution in [0.15, 0.2) is 29.2 Å². The molecule has 0 aliphatic heterocycles. The molecule has 0 spiro atoms. The summed E-state index contributed by atoms with van der Waals surface area (Å²) in [5, 5.41) is 8.44. The SMILES string of the molecule is Cc1ccn2nc(NC(=O)c3cscn3)nc2c1. The van der Waals surface area contributed by atoms with Crippen molar-refractivity contribution in [1.29, 1.82) is 0 Å². The Balaban J connectivity index is 1.89. The molecule has 0 radical (unpaired) electrons. The van der Waals surface area contributed by atoms with E-state index in [0.29, 0.717) is 11.3 Å². The van der Waals surface area contributed by atoms with E-state index in [1.165, 1.54) is 11.3 Å². The number of nitrogens with zero attached hydrogens (tertiary/aromatic N) is 4. The highest BCUT2D eigenvalue weighted by Gasteiger charge is 2.11. The summed E-state index contributed by atoms with van der Waals surface area (Å²) in [4.78, 5) is 19.9. The Labute approximate surface area is 106 Å². The van der Waals surface area contributed by atoms with Gasteiger partial charge in [-0.1, -0.05) is 0 Å². The minimum absolute atomic E-state index is 0.276. The number of carbonyl (C=O) groups excluding carboxylic acids is 1. The van der Waals surface area contributed by atoms with Crippen molar-refractivity contribution in [2.75, 3.05) is 5.32 Å². The predicted octanol–water partition coefficient (Wildman–Crippen LogP) is 1.75. The Hall–Kier alpha value is -2.28. The lowest BCUT2D eigenvalue weighted by molar-refractivity contribution is 0.102. The number of anilines is 1. The van der Waals surface area contributed by atoms with E-state index in [4.69, 9.17) is 0 Å². The van der Waals surface area contributed by atoms with E-state index in [9.17, 15) is 4.79 Å². The normalized spacial score (nSPS) is 10.7. The van der Waals surface area contributed by atoms with Gasteiger partial charge in [0.1, 0.15) is 5.69 Å². The lowest BCUT2D eigenvalue weighted by Gasteiger charge is -1.95. The number of hydrogen-bond acceptors (Lipinski definition) is 5. The van der Waals surface area contributed by atoms with Crippen LogP contribution in [0.25, 0.3) is 5.65 Å². The zero-order valence-corrected chi connectivity index (χ0v) is 10.3. The standard InChI is InChI=1S/C11H9N5OS/c1-7-2-3-16-9(4-7)13-11(15-16)14-10(17)8-5-18-6-12-8/h2-6H,1H3,(H,14,15,17). The molecule has 0 atom stereocenters. The van der Waals surface area contributed by atoms with E-state index in [2.05, 4.69) is 20.4 Å². The van der Waals surface area contributed by atoms with Gasteiger partial charge in [-0.2, -0.15) is 4.98 Å². The van der Waals surface area contributed by atoms with E-state index in [1.807, 2.05) is 19.1 Å². The van der Waals surface area contributed by atoms with Gasteiger partial charge < -0.3 is 0 Å². The van der Waals surface area contributed by atoms with Crippen LogP contribution in [0.4, 0.5) is 5.95 Å². The van der Waals surface area contributed by atoms with Crippen LogP contribution in [-0.2, 0) is 0 Å². The smallest absolute Gasteiger partial charge is 0.277 e. The van der Waals surface area contributed by atoms with Crippen LogP contribution in [0.1, 0.15) is 16.1 Å². The van der Waals surface area contributed by atoms with Gasteiger partial charge in [0.15, 0.2) is 5.65 Å². The number of hydrogen-bond donors (Lipinski definition) is 1. The molecule has 0 fully saturated rings. The first-order valence-electron chi connectivity index (χ1n) is 5.25. The van der Waals surface area contributed by atoms with Crippen molar-refractivity contribution < 1.29 is 4.79 Å². The number of carbonyl (C=O) groups is 1. The molecule has 0 aliphatic rings. The lowest BCUT2D eigenvalue weighted by atomic mass is 10.3. The number of aryl methyl sites for hydroxylation is 1. The Morgan fingerprint density at radius 3 is 3.17 bits per heavy atom. The molecule has 0 bridgehead atoms. The van der Waals surface area contributed by atoms with Crippen molar-refractivity contribution in [3.63, 3.8) is 0 Å². The summed E-state index contributed by atoms with van der Waals surface area (Å²) in [6.07, 6.45) is 1.80. The number of thiazole rings is 1. The molecule has 0 saturated carbocycles. The fraction of sp³-hybridized carbons (Fsp3) is 0.0909. The second-order valence-electron chi connectivity index (χ2n) is 3.77. The van der Waals surface area contributed by atoms with Gasteiger partial charge in [0, 0.05) is 11.6 Å². The fourth-order valence-corrected chi connectivity index (χ4v) is 2.06. The van der Waals surface area contributed by atoms with Crippen LogP contribution >= 0.6 is 11.3 Å². The van der Waals surface area contributed by atoms with Gasteiger partial charge in [-0.3, -0.25) is 10.1 Å². The van der Waals surface area contributed by atoms with Crippen molar-refractivity contribution in [2.24, 2.45) is 0 Å². The number of aromatic nitrogens is 4. The zero-order valence-electron chi connectivity index (χ0n) is 9.49. The van der Waals surface area contributed by atoms with Crippen LogP contribution in [-0.4, -0.2) is 25.5 Å². The van der Waals surface area contributed by atoms with E-state index in [-0.39, 0.29) is 11.9 Å². The maximum Gasteiger partial charge on any atom is 0.277 e. The summed E-state index contributed by atoms with van der Waals surface area (Å²) in [5.74, 6) is -0.0255. The predicted molar refractivity (Wildman–Crippen MR) is 67.8 cm³/mol. The molecule has 7 heteroatoms. The van der Waals surface area contributed by atoms with Gasteiger partial charge in [-0.25, -0.2) is 9.50 Å². The first-order valence-corrected chi connectivity index (χ1v) is 6.19. The van der Waals surface area contributed by atoms with Gasteiger partial charge in [0.25, 0.3) is 5.91 Å². The number of nitrogens with one attached hydrogen (secondary N) is 1. The molecule has 3 heterocycles.